The first-order valence-electron chi connectivity index (χ1n) is 12.3. The number of carbonyl (C=O) groups is 3. The first-order valence-corrected chi connectivity index (χ1v) is 12.3. The first kappa shape index (κ1) is 26.2. The molecule has 0 aliphatic heterocycles. The fourth-order valence-corrected chi connectivity index (χ4v) is 4.52. The van der Waals surface area contributed by atoms with E-state index in [2.05, 4.69) is 41.5 Å². The Morgan fingerprint density at radius 2 is 1.63 bits per heavy atom. The highest BCUT2D eigenvalue weighted by Crippen LogP contribution is 2.44. The molecule has 2 aromatic carbocycles. The van der Waals surface area contributed by atoms with Crippen LogP contribution in [-0.2, 0) is 14.3 Å². The summed E-state index contributed by atoms with van der Waals surface area (Å²) in [4.78, 5) is 38.6. The normalized spacial score (nSPS) is 13.1. The van der Waals surface area contributed by atoms with E-state index in [0.29, 0.717) is 13.1 Å². The minimum atomic E-state index is -1.03. The van der Waals surface area contributed by atoms with Gasteiger partial charge in [-0.25, -0.2) is 4.79 Å². The van der Waals surface area contributed by atoms with Crippen LogP contribution < -0.4 is 10.6 Å². The van der Waals surface area contributed by atoms with Gasteiger partial charge in [-0.3, -0.25) is 9.59 Å². The van der Waals surface area contributed by atoms with Crippen LogP contribution in [0, 0.1) is 0 Å². The average Bonchev–Trinajstić information content (AvgIpc) is 3.18. The molecule has 0 fully saturated rings. The lowest BCUT2D eigenvalue weighted by Gasteiger charge is -2.22. The molecular weight excluding hydrogens is 446 g/mol. The lowest BCUT2D eigenvalue weighted by atomic mass is 9.98. The molecule has 0 spiro atoms. The Bertz CT molecular complexity index is 980. The molecule has 188 valence electrons. The van der Waals surface area contributed by atoms with Gasteiger partial charge in [0.1, 0.15) is 12.6 Å². The Kier molecular flexibility index (Phi) is 9.66. The molecule has 0 aromatic heterocycles. The minimum Gasteiger partial charge on any atom is -0.481 e. The van der Waals surface area contributed by atoms with E-state index in [4.69, 9.17) is 9.84 Å². The third-order valence-electron chi connectivity index (χ3n) is 6.31. The molecule has 2 amide bonds. The molecule has 1 aliphatic rings. The van der Waals surface area contributed by atoms with Crippen molar-refractivity contribution in [2.75, 3.05) is 32.8 Å². The van der Waals surface area contributed by atoms with E-state index in [-0.39, 0.29) is 25.4 Å². The summed E-state index contributed by atoms with van der Waals surface area (Å²) in [6.45, 7) is 7.20. The number of amides is 2. The predicted octanol–water partition coefficient (Wildman–Crippen LogP) is 3.61. The number of carboxylic acids is 1. The number of rotatable bonds is 13. The van der Waals surface area contributed by atoms with Crippen LogP contribution in [0.25, 0.3) is 11.1 Å². The molecule has 35 heavy (non-hydrogen) atoms. The zero-order chi connectivity index (χ0) is 25.2. The van der Waals surface area contributed by atoms with E-state index in [1.165, 1.54) is 0 Å². The van der Waals surface area contributed by atoms with Crippen LogP contribution in [0.3, 0.4) is 0 Å². The number of nitrogens with one attached hydrogen (secondary N) is 2. The van der Waals surface area contributed by atoms with Gasteiger partial charge in [0, 0.05) is 25.4 Å². The van der Waals surface area contributed by atoms with Gasteiger partial charge in [-0.2, -0.15) is 0 Å². The highest BCUT2D eigenvalue weighted by Gasteiger charge is 2.30. The van der Waals surface area contributed by atoms with Gasteiger partial charge in [0.05, 0.1) is 0 Å². The molecule has 0 saturated carbocycles. The molecule has 0 heterocycles. The van der Waals surface area contributed by atoms with Crippen LogP contribution in [-0.4, -0.2) is 66.8 Å². The topological polar surface area (TPSA) is 108 Å². The lowest BCUT2D eigenvalue weighted by Crippen LogP contribution is -2.48. The molecule has 1 atom stereocenters. The van der Waals surface area contributed by atoms with Crippen LogP contribution in [0.5, 0.6) is 0 Å². The molecule has 0 bridgehead atoms. The predicted molar refractivity (Wildman–Crippen MR) is 134 cm³/mol. The van der Waals surface area contributed by atoms with Gasteiger partial charge in [-0.05, 0) is 48.2 Å². The van der Waals surface area contributed by atoms with Crippen LogP contribution >= 0.6 is 0 Å². The molecule has 0 saturated heterocycles. The standard InChI is InChI=1S/C27H35N3O5/c1-3-16-30(4-2)17-15-28-26(33)24(13-14-25(31)32)29-27(34)35-18-23-21-11-7-5-9-19(21)20-10-6-8-12-22(20)23/h5-12,23-24H,3-4,13-18H2,1-2H3,(H,28,33)(H,29,34)(H,31,32). The van der Waals surface area contributed by atoms with Crippen molar-refractivity contribution < 1.29 is 24.2 Å². The summed E-state index contributed by atoms with van der Waals surface area (Å²) in [6, 6.07) is 15.1. The highest BCUT2D eigenvalue weighted by atomic mass is 16.5. The zero-order valence-corrected chi connectivity index (χ0v) is 20.5. The number of likely N-dealkylation sites (N-methyl/N-ethyl adjacent to an activating group) is 1. The van der Waals surface area contributed by atoms with Crippen molar-refractivity contribution in [2.45, 2.75) is 45.1 Å². The van der Waals surface area contributed by atoms with Gasteiger partial charge in [-0.15, -0.1) is 0 Å². The second kappa shape index (κ2) is 12.9. The van der Waals surface area contributed by atoms with Gasteiger partial charge >= 0.3 is 12.1 Å². The number of aliphatic carboxylic acids is 1. The van der Waals surface area contributed by atoms with Crippen molar-refractivity contribution in [3.05, 3.63) is 59.7 Å². The maximum absolute atomic E-state index is 12.7. The molecule has 0 radical (unpaired) electrons. The van der Waals surface area contributed by atoms with Crippen LogP contribution in [0.4, 0.5) is 4.79 Å². The van der Waals surface area contributed by atoms with E-state index < -0.39 is 24.0 Å². The maximum Gasteiger partial charge on any atom is 0.407 e. The van der Waals surface area contributed by atoms with Crippen molar-refractivity contribution in [3.63, 3.8) is 0 Å². The Hall–Kier alpha value is -3.39. The van der Waals surface area contributed by atoms with Crippen molar-refractivity contribution >= 4 is 18.0 Å². The number of alkyl carbamates (subject to hydrolysis) is 1. The Labute approximate surface area is 206 Å². The van der Waals surface area contributed by atoms with Gasteiger partial charge in [0.2, 0.25) is 5.91 Å². The Morgan fingerprint density at radius 1 is 1.00 bits per heavy atom. The number of carbonyl (C=O) groups excluding carboxylic acids is 2. The summed E-state index contributed by atoms with van der Waals surface area (Å²) in [5.74, 6) is -1.54. The summed E-state index contributed by atoms with van der Waals surface area (Å²) in [7, 11) is 0. The third-order valence-corrected chi connectivity index (χ3v) is 6.31. The molecule has 3 rings (SSSR count). The van der Waals surface area contributed by atoms with Gasteiger partial charge < -0.3 is 25.4 Å². The fraction of sp³-hybridized carbons (Fsp3) is 0.444. The summed E-state index contributed by atoms with van der Waals surface area (Å²) < 4.78 is 5.53. The smallest absolute Gasteiger partial charge is 0.407 e. The monoisotopic (exact) mass is 481 g/mol. The maximum atomic E-state index is 12.7. The van der Waals surface area contributed by atoms with Crippen molar-refractivity contribution in [3.8, 4) is 11.1 Å². The van der Waals surface area contributed by atoms with Crippen LogP contribution in [0.15, 0.2) is 48.5 Å². The van der Waals surface area contributed by atoms with Gasteiger partial charge in [0.15, 0.2) is 0 Å². The summed E-state index contributed by atoms with van der Waals surface area (Å²) in [5, 5.41) is 14.5. The van der Waals surface area contributed by atoms with Crippen molar-refractivity contribution in [1.29, 1.82) is 0 Å². The lowest BCUT2D eigenvalue weighted by molar-refractivity contribution is -0.137. The summed E-state index contributed by atoms with van der Waals surface area (Å²) in [5.41, 5.74) is 4.43. The number of benzene rings is 2. The zero-order valence-electron chi connectivity index (χ0n) is 20.5. The van der Waals surface area contributed by atoms with E-state index in [1.807, 2.05) is 36.4 Å². The highest BCUT2D eigenvalue weighted by molar-refractivity contribution is 5.86. The number of nitrogens with zero attached hydrogens (tertiary/aromatic N) is 1. The third kappa shape index (κ3) is 7.05. The largest absolute Gasteiger partial charge is 0.481 e. The Morgan fingerprint density at radius 3 is 2.20 bits per heavy atom. The number of hydrogen-bond acceptors (Lipinski definition) is 5. The van der Waals surface area contributed by atoms with E-state index >= 15 is 0 Å². The minimum absolute atomic E-state index is 0.0161. The first-order chi connectivity index (χ1) is 16.9. The summed E-state index contributed by atoms with van der Waals surface area (Å²) in [6.07, 6.45) is 0.0293. The fourth-order valence-electron chi connectivity index (χ4n) is 4.52. The number of fused-ring (bicyclic) bond motifs is 3. The molecule has 8 heteroatoms. The summed E-state index contributed by atoms with van der Waals surface area (Å²) >= 11 is 0. The van der Waals surface area contributed by atoms with Gasteiger partial charge in [0.25, 0.3) is 0 Å². The quantitative estimate of drug-likeness (QED) is 0.403. The van der Waals surface area contributed by atoms with E-state index in [0.717, 1.165) is 41.8 Å². The second-order valence-electron chi connectivity index (χ2n) is 8.68. The van der Waals surface area contributed by atoms with E-state index in [1.54, 1.807) is 0 Å². The number of ether oxygens (including phenoxy) is 1. The SMILES string of the molecule is CCCN(CC)CCNC(=O)C(CCC(=O)O)NC(=O)OCC1c2ccccc2-c2ccccc21. The second-order valence-corrected chi connectivity index (χ2v) is 8.68. The molecule has 3 N–H and O–H groups in total. The van der Waals surface area contributed by atoms with Gasteiger partial charge in [-0.1, -0.05) is 62.4 Å². The Balaban J connectivity index is 1.58. The van der Waals surface area contributed by atoms with Crippen molar-refractivity contribution in [1.82, 2.24) is 15.5 Å². The van der Waals surface area contributed by atoms with Crippen LogP contribution in [0.1, 0.15) is 50.2 Å². The van der Waals surface area contributed by atoms with Crippen LogP contribution in [0.2, 0.25) is 0 Å². The molecule has 1 aliphatic carbocycles. The van der Waals surface area contributed by atoms with Crippen molar-refractivity contribution in [2.24, 2.45) is 0 Å². The molecule has 2 aromatic rings. The van der Waals surface area contributed by atoms with E-state index in [9.17, 15) is 14.4 Å². The molecular formula is C27H35N3O5. The molecule has 8 nitrogen and oxygen atoms in total. The number of carboxylic acid groups (broad SMARTS) is 1. The number of hydrogen-bond donors (Lipinski definition) is 3. The molecule has 1 unspecified atom stereocenters. The average molecular weight is 482 g/mol.